The van der Waals surface area contributed by atoms with Crippen LogP contribution in [0, 0.1) is 0 Å². The average molecular weight is 504 g/mol. The molecule has 1 N–H and O–H groups in total. The molecular formula is C28H29N3O6. The molecule has 2 aromatic heterocycles. The van der Waals surface area contributed by atoms with Crippen LogP contribution < -0.4 is 14.8 Å². The molecule has 0 unspecified atom stereocenters. The summed E-state index contributed by atoms with van der Waals surface area (Å²) in [4.78, 5) is 27.2. The van der Waals surface area contributed by atoms with Crippen molar-refractivity contribution in [1.29, 1.82) is 0 Å². The van der Waals surface area contributed by atoms with E-state index in [4.69, 9.17) is 18.4 Å². The number of rotatable bonds is 12. The van der Waals surface area contributed by atoms with Gasteiger partial charge in [0.15, 0.2) is 17.2 Å². The summed E-state index contributed by atoms with van der Waals surface area (Å²) in [6.07, 6.45) is 2.73. The predicted molar refractivity (Wildman–Crippen MR) is 136 cm³/mol. The minimum Gasteiger partial charge on any atom is -0.497 e. The van der Waals surface area contributed by atoms with Gasteiger partial charge in [-0.1, -0.05) is 29.4 Å². The van der Waals surface area contributed by atoms with Crippen LogP contribution in [-0.4, -0.2) is 49.2 Å². The molecule has 0 aliphatic heterocycles. The number of hydrogen-bond donors (Lipinski definition) is 1. The van der Waals surface area contributed by atoms with Crippen LogP contribution in [0.5, 0.6) is 11.5 Å². The minimum absolute atomic E-state index is 0.141. The maximum atomic E-state index is 13.1. The van der Waals surface area contributed by atoms with Crippen molar-refractivity contribution in [2.24, 2.45) is 0 Å². The van der Waals surface area contributed by atoms with Crippen LogP contribution in [0.25, 0.3) is 0 Å². The minimum atomic E-state index is -0.342. The second-order valence-electron chi connectivity index (χ2n) is 8.33. The van der Waals surface area contributed by atoms with Gasteiger partial charge in [0.1, 0.15) is 11.5 Å². The predicted octanol–water partition coefficient (Wildman–Crippen LogP) is 4.14. The molecule has 0 saturated carbocycles. The summed E-state index contributed by atoms with van der Waals surface area (Å²) in [7, 11) is 3.24. The molecule has 9 heteroatoms. The van der Waals surface area contributed by atoms with E-state index in [-0.39, 0.29) is 29.8 Å². The monoisotopic (exact) mass is 503 g/mol. The third-order valence-corrected chi connectivity index (χ3v) is 5.85. The van der Waals surface area contributed by atoms with Crippen molar-refractivity contribution < 1.29 is 28.0 Å². The van der Waals surface area contributed by atoms with Gasteiger partial charge in [-0.2, -0.15) is 0 Å². The Balaban J connectivity index is 1.35. The topological polar surface area (TPSA) is 107 Å². The van der Waals surface area contributed by atoms with Crippen molar-refractivity contribution >= 4 is 11.8 Å². The number of aromatic nitrogens is 1. The molecule has 4 aromatic rings. The Morgan fingerprint density at radius 2 is 1.57 bits per heavy atom. The van der Waals surface area contributed by atoms with Crippen molar-refractivity contribution in [3.8, 4) is 11.5 Å². The van der Waals surface area contributed by atoms with E-state index in [0.29, 0.717) is 31.7 Å². The van der Waals surface area contributed by atoms with Crippen LogP contribution in [0.1, 0.15) is 37.9 Å². The lowest BCUT2D eigenvalue weighted by Crippen LogP contribution is -2.32. The highest BCUT2D eigenvalue weighted by molar-refractivity contribution is 5.92. The number of furan rings is 1. The first kappa shape index (κ1) is 25.6. The van der Waals surface area contributed by atoms with E-state index in [1.165, 1.54) is 6.26 Å². The third kappa shape index (κ3) is 7.00. The van der Waals surface area contributed by atoms with Crippen LogP contribution in [0.3, 0.4) is 0 Å². The second kappa shape index (κ2) is 12.4. The third-order valence-electron chi connectivity index (χ3n) is 5.85. The number of nitrogens with one attached hydrogen (secondary N) is 1. The zero-order chi connectivity index (χ0) is 26.0. The van der Waals surface area contributed by atoms with Crippen molar-refractivity contribution in [1.82, 2.24) is 15.4 Å². The zero-order valence-corrected chi connectivity index (χ0v) is 20.8. The number of carbonyl (C=O) groups is 2. The molecule has 0 saturated heterocycles. The summed E-state index contributed by atoms with van der Waals surface area (Å²) in [5.41, 5.74) is 2.28. The molecule has 9 nitrogen and oxygen atoms in total. The Kier molecular flexibility index (Phi) is 8.59. The molecule has 0 spiro atoms. The summed E-state index contributed by atoms with van der Waals surface area (Å²) in [5, 5.41) is 6.74. The first-order valence-electron chi connectivity index (χ1n) is 11.9. The fraction of sp³-hybridized carbons (Fsp3) is 0.250. The summed E-state index contributed by atoms with van der Waals surface area (Å²) in [6.45, 7) is 0.996. The molecule has 192 valence electrons. The highest BCUT2D eigenvalue weighted by atomic mass is 16.5. The molecule has 2 aromatic carbocycles. The molecule has 0 atom stereocenters. The van der Waals surface area contributed by atoms with Crippen molar-refractivity contribution in [2.75, 3.05) is 27.3 Å². The van der Waals surface area contributed by atoms with Gasteiger partial charge in [0.05, 0.1) is 27.0 Å². The lowest BCUT2D eigenvalue weighted by molar-refractivity contribution is 0.0697. The van der Waals surface area contributed by atoms with E-state index in [1.807, 2.05) is 48.5 Å². The van der Waals surface area contributed by atoms with Crippen LogP contribution in [0.2, 0.25) is 0 Å². The smallest absolute Gasteiger partial charge is 0.289 e. The lowest BCUT2D eigenvalue weighted by atomic mass is 10.1. The largest absolute Gasteiger partial charge is 0.497 e. The summed E-state index contributed by atoms with van der Waals surface area (Å²) in [5.74, 6) is 1.56. The average Bonchev–Trinajstić information content (AvgIpc) is 3.64. The fourth-order valence-electron chi connectivity index (χ4n) is 3.75. The van der Waals surface area contributed by atoms with E-state index in [9.17, 15) is 9.59 Å². The molecule has 37 heavy (non-hydrogen) atoms. The van der Waals surface area contributed by atoms with Crippen LogP contribution in [-0.2, 0) is 19.4 Å². The normalized spacial score (nSPS) is 10.6. The van der Waals surface area contributed by atoms with Gasteiger partial charge in [-0.15, -0.1) is 0 Å². The summed E-state index contributed by atoms with van der Waals surface area (Å²) in [6, 6.07) is 20.2. The molecule has 0 bridgehead atoms. The van der Waals surface area contributed by atoms with Gasteiger partial charge < -0.3 is 28.6 Å². The number of benzene rings is 2. The first-order valence-corrected chi connectivity index (χ1v) is 11.9. The molecular weight excluding hydrogens is 474 g/mol. The van der Waals surface area contributed by atoms with E-state index in [0.717, 1.165) is 22.6 Å². The zero-order valence-electron chi connectivity index (χ0n) is 20.8. The standard InChI is InChI=1S/C28H29N3O6/c1-34-22-9-5-20(6-10-22)13-15-29-27(32)25-18-24(37-30-25)19-31(28(33)26-4-3-17-36-26)16-14-21-7-11-23(35-2)12-8-21/h3-12,17-18H,13-16,19H2,1-2H3,(H,29,32). The van der Waals surface area contributed by atoms with E-state index < -0.39 is 0 Å². The Bertz CT molecular complexity index is 1280. The molecule has 2 heterocycles. The second-order valence-corrected chi connectivity index (χ2v) is 8.33. The molecule has 2 amide bonds. The number of nitrogens with zero attached hydrogens (tertiary/aromatic N) is 2. The number of ether oxygens (including phenoxy) is 2. The highest BCUT2D eigenvalue weighted by Gasteiger charge is 2.21. The SMILES string of the molecule is COc1ccc(CCNC(=O)c2cc(CN(CCc3ccc(OC)cc3)C(=O)c3ccco3)on2)cc1. The summed E-state index contributed by atoms with van der Waals surface area (Å²) >= 11 is 0. The van der Waals surface area contributed by atoms with E-state index in [2.05, 4.69) is 10.5 Å². The van der Waals surface area contributed by atoms with Gasteiger partial charge in [-0.05, 0) is 60.4 Å². The number of hydrogen-bond acceptors (Lipinski definition) is 7. The fourth-order valence-corrected chi connectivity index (χ4v) is 3.75. The lowest BCUT2D eigenvalue weighted by Gasteiger charge is -2.20. The van der Waals surface area contributed by atoms with Gasteiger partial charge in [-0.3, -0.25) is 9.59 Å². The van der Waals surface area contributed by atoms with E-state index in [1.54, 1.807) is 37.3 Å². The highest BCUT2D eigenvalue weighted by Crippen LogP contribution is 2.16. The van der Waals surface area contributed by atoms with Gasteiger partial charge in [0.25, 0.3) is 11.8 Å². The Hall–Kier alpha value is -4.53. The molecule has 4 rings (SSSR count). The van der Waals surface area contributed by atoms with E-state index >= 15 is 0 Å². The van der Waals surface area contributed by atoms with Crippen LogP contribution in [0.4, 0.5) is 0 Å². The summed E-state index contributed by atoms with van der Waals surface area (Å²) < 4.78 is 21.1. The molecule has 0 aliphatic rings. The molecule has 0 aliphatic carbocycles. The number of methoxy groups -OCH3 is 2. The van der Waals surface area contributed by atoms with Gasteiger partial charge in [-0.25, -0.2) is 0 Å². The maximum Gasteiger partial charge on any atom is 0.289 e. The Morgan fingerprint density at radius 3 is 2.16 bits per heavy atom. The van der Waals surface area contributed by atoms with Crippen molar-refractivity contribution in [2.45, 2.75) is 19.4 Å². The number of carbonyl (C=O) groups excluding carboxylic acids is 2. The van der Waals surface area contributed by atoms with Crippen molar-refractivity contribution in [3.05, 3.63) is 101 Å². The Morgan fingerprint density at radius 1 is 0.919 bits per heavy atom. The number of amides is 2. The van der Waals surface area contributed by atoms with Crippen LogP contribution in [0.15, 0.2) is 81.9 Å². The van der Waals surface area contributed by atoms with Gasteiger partial charge in [0.2, 0.25) is 0 Å². The van der Waals surface area contributed by atoms with Gasteiger partial charge in [0, 0.05) is 19.2 Å². The van der Waals surface area contributed by atoms with Gasteiger partial charge >= 0.3 is 0 Å². The van der Waals surface area contributed by atoms with Crippen molar-refractivity contribution in [3.63, 3.8) is 0 Å². The molecule has 0 fully saturated rings. The maximum absolute atomic E-state index is 13.1. The first-order chi connectivity index (χ1) is 18.1. The Labute approximate surface area is 215 Å². The molecule has 0 radical (unpaired) electrons. The quantitative estimate of drug-likeness (QED) is 0.310. The van der Waals surface area contributed by atoms with Crippen LogP contribution >= 0.6 is 0 Å².